The van der Waals surface area contributed by atoms with Crippen LogP contribution in [0, 0.1) is 0 Å². The van der Waals surface area contributed by atoms with Crippen molar-refractivity contribution in [3.8, 4) is 0 Å². The number of aromatic nitrogens is 2. The second kappa shape index (κ2) is 7.12. The molecule has 2 aromatic heterocycles. The van der Waals surface area contributed by atoms with Crippen LogP contribution in [-0.2, 0) is 4.74 Å². The van der Waals surface area contributed by atoms with Gasteiger partial charge in [0, 0.05) is 31.6 Å². The topological polar surface area (TPSA) is 63.4 Å². The Morgan fingerprint density at radius 3 is 2.83 bits per heavy atom. The highest BCUT2D eigenvalue weighted by molar-refractivity contribution is 6.05. The Hall–Kier alpha value is -1.89. The van der Waals surface area contributed by atoms with E-state index in [1.807, 2.05) is 24.3 Å². The number of morpholine rings is 1. The molecule has 1 aromatic carbocycles. The molecule has 1 fully saturated rings. The molecule has 0 spiro atoms. The highest BCUT2D eigenvalue weighted by Gasteiger charge is 2.13. The third kappa shape index (κ3) is 3.24. The van der Waals surface area contributed by atoms with E-state index in [-0.39, 0.29) is 12.4 Å². The number of hydrogen-bond acceptors (Lipinski definition) is 6. The number of hydrogen-bond donors (Lipinski definition) is 1. The van der Waals surface area contributed by atoms with Crippen molar-refractivity contribution >= 4 is 27.9 Å². The zero-order valence-electron chi connectivity index (χ0n) is 12.7. The number of nitrogens with one attached hydrogen (secondary N) is 1. The normalized spacial score (nSPS) is 15.7. The van der Waals surface area contributed by atoms with Crippen molar-refractivity contribution in [2.24, 2.45) is 0 Å². The van der Waals surface area contributed by atoms with E-state index in [1.165, 1.54) is 0 Å². The third-order valence-corrected chi connectivity index (χ3v) is 3.98. The molecule has 0 radical (unpaired) electrons. The van der Waals surface area contributed by atoms with Crippen molar-refractivity contribution < 1.29 is 21.6 Å². The van der Waals surface area contributed by atoms with E-state index in [0.29, 0.717) is 0 Å². The lowest BCUT2D eigenvalue weighted by atomic mass is 10.2. The summed E-state index contributed by atoms with van der Waals surface area (Å²) in [7, 11) is 0. The molecule has 1 aliphatic rings. The first kappa shape index (κ1) is 16.0. The maximum Gasteiger partial charge on any atom is 0.196 e. The second-order valence-electron chi connectivity index (χ2n) is 5.38. The first-order valence-corrected chi connectivity index (χ1v) is 7.58. The quantitative estimate of drug-likeness (QED) is 0.669. The number of anilines is 1. The summed E-state index contributed by atoms with van der Waals surface area (Å²) in [6.07, 6.45) is 1.58. The Kier molecular flexibility index (Phi) is 4.95. The molecule has 0 saturated carbocycles. The van der Waals surface area contributed by atoms with Crippen LogP contribution in [0.25, 0.3) is 22.1 Å². The van der Waals surface area contributed by atoms with E-state index < -0.39 is 0 Å². The van der Waals surface area contributed by atoms with Crippen LogP contribution in [0.2, 0.25) is 0 Å². The zero-order valence-corrected chi connectivity index (χ0v) is 13.4. The lowest BCUT2D eigenvalue weighted by Crippen LogP contribution is -3.00. The van der Waals surface area contributed by atoms with Crippen molar-refractivity contribution in [1.29, 1.82) is 0 Å². The van der Waals surface area contributed by atoms with Crippen LogP contribution in [0.1, 0.15) is 0 Å². The van der Waals surface area contributed by atoms with Gasteiger partial charge in [-0.05, 0) is 12.1 Å². The van der Waals surface area contributed by atoms with Gasteiger partial charge in [-0.1, -0.05) is 12.1 Å². The predicted octanol–water partition coefficient (Wildman–Crippen LogP) is -0.876. The van der Waals surface area contributed by atoms with Crippen LogP contribution in [0.15, 0.2) is 35.0 Å². The molecule has 0 atom stereocenters. The first-order valence-electron chi connectivity index (χ1n) is 7.58. The van der Waals surface area contributed by atoms with E-state index in [0.717, 1.165) is 67.3 Å². The van der Waals surface area contributed by atoms with Gasteiger partial charge < -0.3 is 26.9 Å². The van der Waals surface area contributed by atoms with Crippen LogP contribution < -0.4 is 17.7 Å². The van der Waals surface area contributed by atoms with Crippen molar-refractivity contribution in [2.45, 2.75) is 0 Å². The molecule has 6 nitrogen and oxygen atoms in total. The molecule has 122 valence electrons. The summed E-state index contributed by atoms with van der Waals surface area (Å²) < 4.78 is 11.3. The minimum absolute atomic E-state index is 0. The van der Waals surface area contributed by atoms with Gasteiger partial charge in [-0.25, -0.2) is 9.97 Å². The van der Waals surface area contributed by atoms with Crippen LogP contribution in [0.5, 0.6) is 0 Å². The average molecular weight is 334 g/mol. The van der Waals surface area contributed by atoms with Gasteiger partial charge in [0.15, 0.2) is 11.4 Å². The molecule has 1 aliphatic heterocycles. The van der Waals surface area contributed by atoms with Crippen molar-refractivity contribution in [3.05, 3.63) is 30.6 Å². The minimum Gasteiger partial charge on any atom is -1.00 e. The van der Waals surface area contributed by atoms with E-state index in [9.17, 15) is 0 Å². The second-order valence-corrected chi connectivity index (χ2v) is 5.38. The fraction of sp³-hybridized carbons (Fsp3) is 0.375. The lowest BCUT2D eigenvalue weighted by Gasteiger charge is -2.26. The molecule has 3 aromatic rings. The Balaban J connectivity index is 0.00000156. The number of rotatable bonds is 4. The highest BCUT2D eigenvalue weighted by Crippen LogP contribution is 2.30. The fourth-order valence-electron chi connectivity index (χ4n) is 2.81. The molecular formula is C16H18ClN4O2-. The van der Waals surface area contributed by atoms with Crippen molar-refractivity contribution in [2.75, 3.05) is 44.7 Å². The Morgan fingerprint density at radius 1 is 1.13 bits per heavy atom. The average Bonchev–Trinajstić information content (AvgIpc) is 2.96. The highest BCUT2D eigenvalue weighted by atomic mass is 35.5. The fourth-order valence-corrected chi connectivity index (χ4v) is 2.81. The van der Waals surface area contributed by atoms with E-state index >= 15 is 0 Å². The predicted molar refractivity (Wildman–Crippen MR) is 85.1 cm³/mol. The summed E-state index contributed by atoms with van der Waals surface area (Å²) in [5, 5.41) is 4.39. The Bertz CT molecular complexity index is 786. The molecule has 0 unspecified atom stereocenters. The van der Waals surface area contributed by atoms with Gasteiger partial charge in [0.1, 0.15) is 17.4 Å². The number of ether oxygens (including phenoxy) is 1. The van der Waals surface area contributed by atoms with Gasteiger partial charge in [0.05, 0.1) is 13.2 Å². The molecule has 0 bridgehead atoms. The van der Waals surface area contributed by atoms with Gasteiger partial charge >= 0.3 is 0 Å². The van der Waals surface area contributed by atoms with Crippen LogP contribution in [-0.4, -0.2) is 54.3 Å². The van der Waals surface area contributed by atoms with Crippen LogP contribution in [0.4, 0.5) is 5.82 Å². The third-order valence-electron chi connectivity index (χ3n) is 3.98. The molecule has 1 saturated heterocycles. The molecule has 4 rings (SSSR count). The summed E-state index contributed by atoms with van der Waals surface area (Å²) in [6.45, 7) is 5.41. The van der Waals surface area contributed by atoms with E-state index in [2.05, 4.69) is 20.2 Å². The SMILES string of the molecule is [Cl-].c1ccc2c(c1)oc1c(NCCN3CCOCC3)ncnc12. The molecular weight excluding hydrogens is 316 g/mol. The van der Waals surface area contributed by atoms with Gasteiger partial charge in [0.25, 0.3) is 0 Å². The maximum absolute atomic E-state index is 5.90. The number of benzene rings is 1. The summed E-state index contributed by atoms with van der Waals surface area (Å²) >= 11 is 0. The molecule has 1 N–H and O–H groups in total. The van der Waals surface area contributed by atoms with Crippen molar-refractivity contribution in [1.82, 2.24) is 14.9 Å². The lowest BCUT2D eigenvalue weighted by molar-refractivity contribution is -0.00000646. The van der Waals surface area contributed by atoms with Gasteiger partial charge in [-0.3, -0.25) is 4.90 Å². The van der Waals surface area contributed by atoms with Gasteiger partial charge in [-0.2, -0.15) is 0 Å². The van der Waals surface area contributed by atoms with Crippen molar-refractivity contribution in [3.63, 3.8) is 0 Å². The van der Waals surface area contributed by atoms with Crippen LogP contribution >= 0.6 is 0 Å². The van der Waals surface area contributed by atoms with E-state index in [4.69, 9.17) is 9.15 Å². The van der Waals surface area contributed by atoms with E-state index in [1.54, 1.807) is 6.33 Å². The number of furan rings is 1. The molecule has 0 amide bonds. The number of halogens is 1. The molecule has 23 heavy (non-hydrogen) atoms. The summed E-state index contributed by atoms with van der Waals surface area (Å²) in [6, 6.07) is 7.93. The number of nitrogens with zero attached hydrogens (tertiary/aromatic N) is 3. The monoisotopic (exact) mass is 333 g/mol. The summed E-state index contributed by atoms with van der Waals surface area (Å²) in [5.74, 6) is 0.759. The zero-order chi connectivity index (χ0) is 14.8. The molecule has 0 aliphatic carbocycles. The largest absolute Gasteiger partial charge is 1.00 e. The molecule has 7 heteroatoms. The number of para-hydroxylation sites is 1. The maximum atomic E-state index is 5.90. The first-order chi connectivity index (χ1) is 10.9. The smallest absolute Gasteiger partial charge is 0.196 e. The number of fused-ring (bicyclic) bond motifs is 3. The Morgan fingerprint density at radius 2 is 1.96 bits per heavy atom. The molecule has 3 heterocycles. The van der Waals surface area contributed by atoms with Gasteiger partial charge in [-0.15, -0.1) is 0 Å². The summed E-state index contributed by atoms with van der Waals surface area (Å²) in [4.78, 5) is 11.1. The Labute approximate surface area is 140 Å². The minimum atomic E-state index is 0. The van der Waals surface area contributed by atoms with Crippen LogP contribution in [0.3, 0.4) is 0 Å². The standard InChI is InChI=1S/C16H18N4O2.ClH/c1-2-4-13-12(3-1)14-15(22-13)16(19-11-18-14)17-5-6-20-7-9-21-10-8-20;/h1-4,11H,5-10H2,(H,17,18,19);1H/p-1. The van der Waals surface area contributed by atoms with Gasteiger partial charge in [0.2, 0.25) is 0 Å². The summed E-state index contributed by atoms with van der Waals surface area (Å²) in [5.41, 5.74) is 2.43.